The minimum Gasteiger partial charge on any atom is -0.341 e. The van der Waals surface area contributed by atoms with Gasteiger partial charge in [0.1, 0.15) is 6.54 Å². The molecule has 1 saturated heterocycles. The maximum Gasteiger partial charge on any atom is 0.244 e. The van der Waals surface area contributed by atoms with E-state index in [2.05, 4.69) is 22.3 Å². The van der Waals surface area contributed by atoms with Crippen LogP contribution in [0.1, 0.15) is 18.5 Å². The summed E-state index contributed by atoms with van der Waals surface area (Å²) in [6.45, 7) is 4.31. The van der Waals surface area contributed by atoms with Gasteiger partial charge in [-0.1, -0.05) is 5.21 Å². The Hall–Kier alpha value is -1.43. The molecule has 0 spiro atoms. The van der Waals surface area contributed by atoms with E-state index < -0.39 is 0 Å². The van der Waals surface area contributed by atoms with E-state index in [1.165, 1.54) is 0 Å². The molecule has 0 unspecified atom stereocenters. The van der Waals surface area contributed by atoms with E-state index in [-0.39, 0.29) is 12.5 Å². The van der Waals surface area contributed by atoms with E-state index in [9.17, 15) is 4.79 Å². The number of piperidine rings is 1. The molecular formula is C12H21N5O. The summed E-state index contributed by atoms with van der Waals surface area (Å²) < 4.78 is 1.65. The van der Waals surface area contributed by atoms with Crippen molar-refractivity contribution < 1.29 is 4.79 Å². The zero-order chi connectivity index (χ0) is 13.1. The minimum atomic E-state index is 0.109. The number of hydrogen-bond donors (Lipinski definition) is 0. The highest BCUT2D eigenvalue weighted by Gasteiger charge is 2.24. The molecule has 1 amide bonds. The van der Waals surface area contributed by atoms with Gasteiger partial charge >= 0.3 is 0 Å². The quantitative estimate of drug-likeness (QED) is 0.767. The fourth-order valence-electron chi connectivity index (χ4n) is 2.29. The fraction of sp³-hybridized carbons (Fsp3) is 0.750. The summed E-state index contributed by atoms with van der Waals surface area (Å²) in [6, 6.07) is 0.359. The van der Waals surface area contributed by atoms with Gasteiger partial charge in [0.2, 0.25) is 5.91 Å². The van der Waals surface area contributed by atoms with Crippen molar-refractivity contribution in [1.82, 2.24) is 24.8 Å². The molecule has 0 radical (unpaired) electrons. The Bertz CT molecular complexity index is 408. The minimum absolute atomic E-state index is 0.109. The van der Waals surface area contributed by atoms with Gasteiger partial charge in [0.15, 0.2) is 0 Å². The number of carbonyl (C=O) groups is 1. The first-order valence-corrected chi connectivity index (χ1v) is 6.37. The van der Waals surface area contributed by atoms with E-state index in [1.54, 1.807) is 10.9 Å². The maximum atomic E-state index is 12.2. The lowest BCUT2D eigenvalue weighted by molar-refractivity contribution is -0.133. The predicted octanol–water partition coefficient (Wildman–Crippen LogP) is 0.139. The van der Waals surface area contributed by atoms with Crippen molar-refractivity contribution in [2.24, 2.45) is 0 Å². The second-order valence-electron chi connectivity index (χ2n) is 5.07. The van der Waals surface area contributed by atoms with Crippen LogP contribution in [0.25, 0.3) is 0 Å². The van der Waals surface area contributed by atoms with Gasteiger partial charge in [-0.3, -0.25) is 4.79 Å². The molecule has 1 aliphatic rings. The number of likely N-dealkylation sites (tertiary alicyclic amines) is 1. The monoisotopic (exact) mass is 251 g/mol. The molecule has 0 bridgehead atoms. The molecule has 1 aromatic heterocycles. The molecule has 0 aromatic carbocycles. The molecule has 18 heavy (non-hydrogen) atoms. The number of rotatable bonds is 3. The first-order valence-electron chi connectivity index (χ1n) is 6.37. The molecule has 0 aliphatic carbocycles. The zero-order valence-corrected chi connectivity index (χ0v) is 11.3. The maximum absolute atomic E-state index is 12.2. The van der Waals surface area contributed by atoms with Crippen LogP contribution in [-0.2, 0) is 11.3 Å². The van der Waals surface area contributed by atoms with Crippen molar-refractivity contribution in [3.8, 4) is 0 Å². The van der Waals surface area contributed by atoms with E-state index in [4.69, 9.17) is 0 Å². The Kier molecular flexibility index (Phi) is 3.96. The van der Waals surface area contributed by atoms with E-state index in [0.29, 0.717) is 6.04 Å². The summed E-state index contributed by atoms with van der Waals surface area (Å²) in [5.74, 6) is 0.109. The van der Waals surface area contributed by atoms with E-state index in [0.717, 1.165) is 31.6 Å². The van der Waals surface area contributed by atoms with Crippen molar-refractivity contribution in [3.05, 3.63) is 11.9 Å². The Morgan fingerprint density at radius 1 is 1.50 bits per heavy atom. The van der Waals surface area contributed by atoms with Gasteiger partial charge in [0, 0.05) is 13.1 Å². The van der Waals surface area contributed by atoms with Crippen LogP contribution in [0.15, 0.2) is 6.20 Å². The fourth-order valence-corrected chi connectivity index (χ4v) is 2.29. The van der Waals surface area contributed by atoms with Crippen LogP contribution in [0, 0.1) is 6.92 Å². The standard InChI is InChI=1S/C12H21N5O/c1-10-8-13-14-17(10)9-12(18)16(3)11-4-6-15(2)7-5-11/h8,11H,4-7,9H2,1-3H3. The van der Waals surface area contributed by atoms with Gasteiger partial charge in [-0.25, -0.2) is 4.68 Å². The lowest BCUT2D eigenvalue weighted by Gasteiger charge is -2.35. The van der Waals surface area contributed by atoms with Crippen LogP contribution in [0.2, 0.25) is 0 Å². The Morgan fingerprint density at radius 2 is 2.17 bits per heavy atom. The Balaban J connectivity index is 1.91. The molecule has 0 N–H and O–H groups in total. The zero-order valence-electron chi connectivity index (χ0n) is 11.3. The Labute approximate surface area is 108 Å². The lowest BCUT2D eigenvalue weighted by Crippen LogP contribution is -2.45. The third-order valence-electron chi connectivity index (χ3n) is 3.73. The average molecular weight is 251 g/mol. The summed E-state index contributed by atoms with van der Waals surface area (Å²) in [5.41, 5.74) is 0.917. The number of hydrogen-bond acceptors (Lipinski definition) is 4. The number of amides is 1. The van der Waals surface area contributed by atoms with Crippen LogP contribution in [0.3, 0.4) is 0 Å². The topological polar surface area (TPSA) is 54.3 Å². The molecule has 0 atom stereocenters. The largest absolute Gasteiger partial charge is 0.341 e. The number of aromatic nitrogens is 3. The second-order valence-corrected chi connectivity index (χ2v) is 5.07. The summed E-state index contributed by atoms with van der Waals surface area (Å²) in [7, 11) is 4.02. The average Bonchev–Trinajstić information content (AvgIpc) is 2.75. The lowest BCUT2D eigenvalue weighted by atomic mass is 10.0. The van der Waals surface area contributed by atoms with Crippen molar-refractivity contribution in [3.63, 3.8) is 0 Å². The van der Waals surface area contributed by atoms with E-state index >= 15 is 0 Å². The molecule has 100 valence electrons. The SMILES string of the molecule is Cc1cnnn1CC(=O)N(C)C1CCN(C)CC1. The smallest absolute Gasteiger partial charge is 0.244 e. The molecule has 1 fully saturated rings. The van der Waals surface area contributed by atoms with Crippen LogP contribution in [0.5, 0.6) is 0 Å². The molecule has 2 rings (SSSR count). The summed E-state index contributed by atoms with van der Waals surface area (Å²) in [4.78, 5) is 16.3. The van der Waals surface area contributed by atoms with Crippen molar-refractivity contribution >= 4 is 5.91 Å². The molecule has 0 saturated carbocycles. The van der Waals surface area contributed by atoms with Gasteiger partial charge in [-0.05, 0) is 39.9 Å². The molecule has 1 aromatic rings. The number of nitrogens with zero attached hydrogens (tertiary/aromatic N) is 5. The van der Waals surface area contributed by atoms with Crippen LogP contribution in [-0.4, -0.2) is 63.9 Å². The Morgan fingerprint density at radius 3 is 2.72 bits per heavy atom. The third kappa shape index (κ3) is 2.87. The summed E-state index contributed by atoms with van der Waals surface area (Å²) in [6.07, 6.45) is 3.77. The molecule has 2 heterocycles. The predicted molar refractivity (Wildman–Crippen MR) is 68.0 cm³/mol. The van der Waals surface area contributed by atoms with Gasteiger partial charge in [0.05, 0.1) is 11.9 Å². The van der Waals surface area contributed by atoms with Crippen LogP contribution >= 0.6 is 0 Å². The molecular weight excluding hydrogens is 230 g/mol. The highest BCUT2D eigenvalue weighted by atomic mass is 16.2. The van der Waals surface area contributed by atoms with Crippen molar-refractivity contribution in [2.75, 3.05) is 27.2 Å². The van der Waals surface area contributed by atoms with Gasteiger partial charge in [-0.2, -0.15) is 0 Å². The van der Waals surface area contributed by atoms with Gasteiger partial charge in [0.25, 0.3) is 0 Å². The molecule has 6 nitrogen and oxygen atoms in total. The van der Waals surface area contributed by atoms with E-state index in [1.807, 2.05) is 18.9 Å². The number of aryl methyl sites for hydroxylation is 1. The summed E-state index contributed by atoms with van der Waals surface area (Å²) in [5, 5.41) is 7.70. The first kappa shape index (κ1) is 13.0. The molecule has 1 aliphatic heterocycles. The van der Waals surface area contributed by atoms with Gasteiger partial charge < -0.3 is 9.80 Å². The second kappa shape index (κ2) is 5.48. The normalized spacial score (nSPS) is 17.9. The van der Waals surface area contributed by atoms with Crippen molar-refractivity contribution in [2.45, 2.75) is 32.4 Å². The number of carbonyl (C=O) groups excluding carboxylic acids is 1. The van der Waals surface area contributed by atoms with Crippen LogP contribution in [0.4, 0.5) is 0 Å². The third-order valence-corrected chi connectivity index (χ3v) is 3.73. The summed E-state index contributed by atoms with van der Waals surface area (Å²) >= 11 is 0. The van der Waals surface area contributed by atoms with Crippen molar-refractivity contribution in [1.29, 1.82) is 0 Å². The number of likely N-dealkylation sites (N-methyl/N-ethyl adjacent to an activating group) is 1. The van der Waals surface area contributed by atoms with Crippen LogP contribution < -0.4 is 0 Å². The first-order chi connectivity index (χ1) is 8.58. The highest BCUT2D eigenvalue weighted by Crippen LogP contribution is 2.14. The highest BCUT2D eigenvalue weighted by molar-refractivity contribution is 5.76. The van der Waals surface area contributed by atoms with Gasteiger partial charge in [-0.15, -0.1) is 5.10 Å². The molecule has 6 heteroatoms.